The van der Waals surface area contributed by atoms with Crippen LogP contribution in [0.1, 0.15) is 33.1 Å². The summed E-state index contributed by atoms with van der Waals surface area (Å²) in [5, 5.41) is 11.7. The Hall–Kier alpha value is -0.220. The Kier molecular flexibility index (Phi) is 6.16. The maximum Gasteiger partial charge on any atom is 0.245 e. The summed E-state index contributed by atoms with van der Waals surface area (Å²) in [6.45, 7) is 3.76. The van der Waals surface area contributed by atoms with Gasteiger partial charge in [-0.15, -0.1) is 0 Å². The van der Waals surface area contributed by atoms with Crippen LogP contribution in [-0.2, 0) is 0 Å². The molecular weight excluding hydrogens is 176 g/mol. The lowest BCUT2D eigenvalue weighted by atomic mass is 10.2. The minimum Gasteiger partial charge on any atom is -0.395 e. The van der Waals surface area contributed by atoms with Crippen LogP contribution < -0.4 is 5.32 Å². The van der Waals surface area contributed by atoms with E-state index in [0.29, 0.717) is 12.6 Å². The second-order valence-electron chi connectivity index (χ2n) is 3.40. The quantitative estimate of drug-likeness (QED) is 0.704. The van der Waals surface area contributed by atoms with E-state index in [1.807, 2.05) is 0 Å². The van der Waals surface area contributed by atoms with E-state index in [0.717, 1.165) is 19.9 Å². The van der Waals surface area contributed by atoms with E-state index in [2.05, 4.69) is 5.32 Å². The number of rotatable bonds is 2. The summed E-state index contributed by atoms with van der Waals surface area (Å²) in [4.78, 5) is 0. The van der Waals surface area contributed by atoms with Gasteiger partial charge in [-0.05, 0) is 26.3 Å². The van der Waals surface area contributed by atoms with Crippen molar-refractivity contribution in [3.8, 4) is 0 Å². The summed E-state index contributed by atoms with van der Waals surface area (Å²) < 4.78 is 22.9. The highest BCUT2D eigenvalue weighted by Gasteiger charge is 2.15. The molecule has 1 saturated heterocycles. The van der Waals surface area contributed by atoms with Gasteiger partial charge >= 0.3 is 0 Å². The minimum absolute atomic E-state index is 0.0625. The number of hydrogen-bond acceptors (Lipinski definition) is 2. The first-order valence-corrected chi connectivity index (χ1v) is 4.71. The summed E-state index contributed by atoms with van der Waals surface area (Å²) in [5.41, 5.74) is 0. The number of aliphatic hydroxyl groups excluding tert-OH is 1. The maximum absolute atomic E-state index is 11.5. The lowest BCUT2D eigenvalue weighted by Gasteiger charge is -2.02. The van der Waals surface area contributed by atoms with E-state index >= 15 is 0 Å². The normalized spacial score (nSPS) is 22.4. The fourth-order valence-corrected chi connectivity index (χ4v) is 0.913. The van der Waals surface area contributed by atoms with Gasteiger partial charge in [0, 0.05) is 12.5 Å². The van der Waals surface area contributed by atoms with Gasteiger partial charge in [0.2, 0.25) is 5.92 Å². The summed E-state index contributed by atoms with van der Waals surface area (Å²) in [6.07, 6.45) is 2.31. The molecule has 0 aliphatic carbocycles. The van der Waals surface area contributed by atoms with Gasteiger partial charge < -0.3 is 10.4 Å². The molecule has 2 nitrogen and oxygen atoms in total. The molecule has 0 aromatic heterocycles. The zero-order valence-electron chi connectivity index (χ0n) is 8.32. The zero-order chi connectivity index (χ0) is 10.3. The third kappa shape index (κ3) is 8.12. The van der Waals surface area contributed by atoms with E-state index in [4.69, 9.17) is 5.11 Å². The first-order chi connectivity index (χ1) is 5.99. The van der Waals surface area contributed by atoms with Gasteiger partial charge in [-0.1, -0.05) is 6.92 Å². The fourth-order valence-electron chi connectivity index (χ4n) is 0.913. The Morgan fingerprint density at radius 1 is 1.54 bits per heavy atom. The largest absolute Gasteiger partial charge is 0.395 e. The summed E-state index contributed by atoms with van der Waals surface area (Å²) in [7, 11) is 0. The molecule has 0 aromatic carbocycles. The molecule has 1 aliphatic rings. The fraction of sp³-hybridized carbons (Fsp3) is 1.00. The van der Waals surface area contributed by atoms with E-state index < -0.39 is 5.92 Å². The van der Waals surface area contributed by atoms with E-state index in [1.165, 1.54) is 13.3 Å². The molecule has 2 N–H and O–H groups in total. The number of nitrogens with one attached hydrogen (secondary N) is 1. The van der Waals surface area contributed by atoms with Crippen molar-refractivity contribution in [1.29, 1.82) is 0 Å². The molecule has 0 spiro atoms. The number of aliphatic hydroxyl groups is 1. The first kappa shape index (κ1) is 12.8. The molecule has 1 unspecified atom stereocenters. The smallest absolute Gasteiger partial charge is 0.245 e. The van der Waals surface area contributed by atoms with Crippen LogP contribution in [0.2, 0.25) is 0 Å². The van der Waals surface area contributed by atoms with Crippen LogP contribution in [0.4, 0.5) is 8.78 Å². The van der Waals surface area contributed by atoms with Gasteiger partial charge in [0.1, 0.15) is 0 Å². The van der Waals surface area contributed by atoms with Crippen molar-refractivity contribution in [2.75, 3.05) is 13.2 Å². The van der Waals surface area contributed by atoms with Gasteiger partial charge in [0.05, 0.1) is 6.61 Å². The zero-order valence-corrected chi connectivity index (χ0v) is 8.32. The van der Waals surface area contributed by atoms with Crippen LogP contribution in [0.15, 0.2) is 0 Å². The Labute approximate surface area is 78.3 Å². The molecule has 0 saturated carbocycles. The van der Waals surface area contributed by atoms with Gasteiger partial charge in [0.15, 0.2) is 0 Å². The highest BCUT2D eigenvalue weighted by Crippen LogP contribution is 2.14. The van der Waals surface area contributed by atoms with E-state index in [-0.39, 0.29) is 6.42 Å². The average molecular weight is 195 g/mol. The lowest BCUT2D eigenvalue weighted by Crippen LogP contribution is -2.24. The Balaban J connectivity index is 0.000000226. The standard InChI is InChI=1S/C5H11NO.C4H8F2/c7-4-5-2-1-3-6-5;1-3-4(2,5)6/h5-7H,1-4H2;3H2,1-2H3. The van der Waals surface area contributed by atoms with Crippen molar-refractivity contribution >= 4 is 0 Å². The molecule has 0 amide bonds. The Morgan fingerprint density at radius 2 is 2.08 bits per heavy atom. The van der Waals surface area contributed by atoms with Gasteiger partial charge in [-0.2, -0.15) is 0 Å². The van der Waals surface area contributed by atoms with Crippen molar-refractivity contribution in [2.45, 2.75) is 45.1 Å². The molecule has 0 radical (unpaired) electrons. The monoisotopic (exact) mass is 195 g/mol. The Bertz CT molecular complexity index is 119. The third-order valence-corrected chi connectivity index (χ3v) is 2.00. The first-order valence-electron chi connectivity index (χ1n) is 4.71. The van der Waals surface area contributed by atoms with Crippen molar-refractivity contribution in [3.05, 3.63) is 0 Å². The van der Waals surface area contributed by atoms with Gasteiger partial charge in [-0.3, -0.25) is 0 Å². The predicted octanol–water partition coefficient (Wildman–Crippen LogP) is 1.78. The molecule has 1 aliphatic heterocycles. The van der Waals surface area contributed by atoms with Crippen LogP contribution in [0.5, 0.6) is 0 Å². The topological polar surface area (TPSA) is 32.3 Å². The van der Waals surface area contributed by atoms with E-state index in [9.17, 15) is 8.78 Å². The SMILES string of the molecule is CCC(C)(F)F.OCC1CCCN1. The van der Waals surface area contributed by atoms with Crippen molar-refractivity contribution in [1.82, 2.24) is 5.32 Å². The van der Waals surface area contributed by atoms with Crippen LogP contribution in [0.25, 0.3) is 0 Å². The second kappa shape index (κ2) is 6.27. The molecule has 1 heterocycles. The van der Waals surface area contributed by atoms with Crippen molar-refractivity contribution < 1.29 is 13.9 Å². The van der Waals surface area contributed by atoms with Crippen LogP contribution in [0, 0.1) is 0 Å². The number of halogens is 2. The molecule has 4 heteroatoms. The lowest BCUT2D eigenvalue weighted by molar-refractivity contribution is 0.0181. The molecule has 1 atom stereocenters. The second-order valence-corrected chi connectivity index (χ2v) is 3.40. The number of hydrogen-bond donors (Lipinski definition) is 2. The summed E-state index contributed by atoms with van der Waals surface area (Å²) in [6, 6.07) is 0.403. The van der Waals surface area contributed by atoms with Crippen LogP contribution >= 0.6 is 0 Å². The molecular formula is C9H19F2NO. The molecule has 0 bridgehead atoms. The maximum atomic E-state index is 11.5. The molecule has 13 heavy (non-hydrogen) atoms. The summed E-state index contributed by atoms with van der Waals surface area (Å²) in [5.74, 6) is -2.46. The van der Waals surface area contributed by atoms with Gasteiger partial charge in [0.25, 0.3) is 0 Å². The van der Waals surface area contributed by atoms with Crippen LogP contribution in [0.3, 0.4) is 0 Å². The van der Waals surface area contributed by atoms with Crippen molar-refractivity contribution in [2.24, 2.45) is 0 Å². The van der Waals surface area contributed by atoms with Crippen molar-refractivity contribution in [3.63, 3.8) is 0 Å². The minimum atomic E-state index is -2.46. The molecule has 1 rings (SSSR count). The predicted molar refractivity (Wildman–Crippen MR) is 49.0 cm³/mol. The average Bonchev–Trinajstić information content (AvgIpc) is 2.56. The van der Waals surface area contributed by atoms with Crippen LogP contribution in [-0.4, -0.2) is 30.2 Å². The third-order valence-electron chi connectivity index (χ3n) is 2.00. The molecule has 0 aromatic rings. The summed E-state index contributed by atoms with van der Waals surface area (Å²) >= 11 is 0. The molecule has 80 valence electrons. The highest BCUT2D eigenvalue weighted by atomic mass is 19.3. The number of alkyl halides is 2. The van der Waals surface area contributed by atoms with Gasteiger partial charge in [-0.25, -0.2) is 8.78 Å². The molecule has 1 fully saturated rings. The van der Waals surface area contributed by atoms with E-state index in [1.54, 1.807) is 0 Å². The highest BCUT2D eigenvalue weighted by molar-refractivity contribution is 4.71. The Morgan fingerprint density at radius 3 is 2.23 bits per heavy atom.